The molecule has 0 bridgehead atoms. The Morgan fingerprint density at radius 2 is 2.17 bits per heavy atom. The Hall–Kier alpha value is -0.770. The number of aryl methyl sites for hydroxylation is 1. The molecule has 1 fully saturated rings. The summed E-state index contributed by atoms with van der Waals surface area (Å²) >= 11 is 6.24. The van der Waals surface area contributed by atoms with Crippen LogP contribution in [0.2, 0.25) is 5.02 Å². The number of nitrogens with two attached hydrogens (primary N) is 1. The highest BCUT2D eigenvalue weighted by Crippen LogP contribution is 2.43. The Labute approximate surface area is 113 Å². The zero-order valence-corrected chi connectivity index (χ0v) is 11.9. The molecule has 0 aliphatic carbocycles. The second kappa shape index (κ2) is 5.08. The Morgan fingerprint density at radius 3 is 2.61 bits per heavy atom. The molecule has 18 heavy (non-hydrogen) atoms. The predicted molar refractivity (Wildman–Crippen MR) is 73.5 cm³/mol. The molecule has 0 amide bonds. The van der Waals surface area contributed by atoms with Gasteiger partial charge in [-0.3, -0.25) is 0 Å². The minimum absolute atomic E-state index is 0.00868. The van der Waals surface area contributed by atoms with Crippen LogP contribution in [0.25, 0.3) is 0 Å². The van der Waals surface area contributed by atoms with Crippen molar-refractivity contribution in [2.45, 2.75) is 19.3 Å². The van der Waals surface area contributed by atoms with Crippen LogP contribution >= 0.6 is 11.6 Å². The summed E-state index contributed by atoms with van der Waals surface area (Å²) in [5.74, 6) is 1.09. The topological polar surface area (TPSA) is 44.5 Å². The van der Waals surface area contributed by atoms with E-state index >= 15 is 0 Å². The Balaban J connectivity index is 2.46. The molecule has 1 heterocycles. The first-order chi connectivity index (χ1) is 8.55. The summed E-state index contributed by atoms with van der Waals surface area (Å²) in [5.41, 5.74) is 8.26. The van der Waals surface area contributed by atoms with Crippen molar-refractivity contribution in [2.24, 2.45) is 11.7 Å². The van der Waals surface area contributed by atoms with Gasteiger partial charge in [0, 0.05) is 5.41 Å². The fourth-order valence-electron chi connectivity index (χ4n) is 2.60. The van der Waals surface area contributed by atoms with E-state index in [9.17, 15) is 0 Å². The molecule has 1 saturated heterocycles. The van der Waals surface area contributed by atoms with Crippen molar-refractivity contribution in [1.82, 2.24) is 0 Å². The minimum atomic E-state index is 0.00868. The second-order valence-electron chi connectivity index (χ2n) is 5.09. The fourth-order valence-corrected chi connectivity index (χ4v) is 2.84. The predicted octanol–water partition coefficient (Wildman–Crippen LogP) is 2.52. The molecule has 1 aromatic rings. The van der Waals surface area contributed by atoms with Crippen LogP contribution in [0.3, 0.4) is 0 Å². The van der Waals surface area contributed by atoms with Crippen LogP contribution in [0, 0.1) is 12.8 Å². The molecular weight excluding hydrogens is 250 g/mol. The van der Waals surface area contributed by atoms with Crippen molar-refractivity contribution >= 4 is 11.6 Å². The number of hydrogen-bond acceptors (Lipinski definition) is 3. The third-order valence-corrected chi connectivity index (χ3v) is 4.35. The molecule has 1 aromatic carbocycles. The van der Waals surface area contributed by atoms with Crippen LogP contribution in [0.1, 0.15) is 18.1 Å². The monoisotopic (exact) mass is 269 g/mol. The van der Waals surface area contributed by atoms with E-state index in [-0.39, 0.29) is 5.41 Å². The van der Waals surface area contributed by atoms with Gasteiger partial charge in [-0.1, -0.05) is 18.5 Å². The van der Waals surface area contributed by atoms with Crippen LogP contribution < -0.4 is 10.5 Å². The van der Waals surface area contributed by atoms with Crippen molar-refractivity contribution in [3.8, 4) is 5.75 Å². The summed E-state index contributed by atoms with van der Waals surface area (Å²) in [6.45, 7) is 6.33. The first-order valence-corrected chi connectivity index (χ1v) is 6.55. The zero-order valence-electron chi connectivity index (χ0n) is 11.1. The lowest BCUT2D eigenvalue weighted by Crippen LogP contribution is -2.53. The molecule has 0 saturated carbocycles. The van der Waals surface area contributed by atoms with E-state index in [1.165, 1.54) is 11.1 Å². The first-order valence-electron chi connectivity index (χ1n) is 6.17. The maximum atomic E-state index is 6.24. The summed E-state index contributed by atoms with van der Waals surface area (Å²) < 4.78 is 10.7. The van der Waals surface area contributed by atoms with Gasteiger partial charge >= 0.3 is 0 Å². The standard InChI is InChI=1S/C14H20ClNO2/c1-9-4-13(17-3)12(15)5-11(9)14(7-18-8-14)10(2)6-16/h4-5,10H,6-8,16H2,1-3H3. The highest BCUT2D eigenvalue weighted by atomic mass is 35.5. The van der Waals surface area contributed by atoms with Crippen molar-refractivity contribution in [3.05, 3.63) is 28.3 Å². The number of rotatable bonds is 4. The van der Waals surface area contributed by atoms with E-state index in [1.807, 2.05) is 12.1 Å². The van der Waals surface area contributed by atoms with E-state index < -0.39 is 0 Å². The summed E-state index contributed by atoms with van der Waals surface area (Å²) in [5, 5.41) is 0.647. The molecule has 0 spiro atoms. The summed E-state index contributed by atoms with van der Waals surface area (Å²) in [6, 6.07) is 3.99. The number of halogens is 1. The van der Waals surface area contributed by atoms with Gasteiger partial charge < -0.3 is 15.2 Å². The molecule has 1 aliphatic rings. The quantitative estimate of drug-likeness (QED) is 0.914. The maximum Gasteiger partial charge on any atom is 0.137 e. The Kier molecular flexibility index (Phi) is 3.85. The average molecular weight is 270 g/mol. The van der Waals surface area contributed by atoms with Crippen LogP contribution in [-0.4, -0.2) is 26.9 Å². The molecule has 4 heteroatoms. The van der Waals surface area contributed by atoms with Crippen molar-refractivity contribution in [3.63, 3.8) is 0 Å². The van der Waals surface area contributed by atoms with Gasteiger partial charge in [-0.2, -0.15) is 0 Å². The highest BCUT2D eigenvalue weighted by Gasteiger charge is 2.45. The van der Waals surface area contributed by atoms with Crippen LogP contribution in [-0.2, 0) is 10.2 Å². The van der Waals surface area contributed by atoms with Gasteiger partial charge in [0.1, 0.15) is 5.75 Å². The van der Waals surface area contributed by atoms with Gasteiger partial charge in [-0.15, -0.1) is 0 Å². The van der Waals surface area contributed by atoms with Gasteiger partial charge in [0.25, 0.3) is 0 Å². The maximum absolute atomic E-state index is 6.24. The third kappa shape index (κ3) is 2.00. The molecule has 2 rings (SSSR count). The molecule has 1 unspecified atom stereocenters. The van der Waals surface area contributed by atoms with Gasteiger partial charge in [0.05, 0.1) is 25.3 Å². The summed E-state index contributed by atoms with van der Waals surface area (Å²) in [6.07, 6.45) is 0. The zero-order chi connectivity index (χ0) is 13.3. The smallest absolute Gasteiger partial charge is 0.137 e. The van der Waals surface area contributed by atoms with Crippen molar-refractivity contribution in [2.75, 3.05) is 26.9 Å². The molecular formula is C14H20ClNO2. The largest absolute Gasteiger partial charge is 0.495 e. The van der Waals surface area contributed by atoms with E-state index in [2.05, 4.69) is 13.8 Å². The van der Waals surface area contributed by atoms with Gasteiger partial charge in [-0.05, 0) is 42.6 Å². The van der Waals surface area contributed by atoms with Gasteiger partial charge in [0.2, 0.25) is 0 Å². The summed E-state index contributed by atoms with van der Waals surface area (Å²) in [7, 11) is 1.63. The number of benzene rings is 1. The molecule has 1 aliphatic heterocycles. The lowest BCUT2D eigenvalue weighted by Gasteiger charge is -2.47. The van der Waals surface area contributed by atoms with E-state index in [4.69, 9.17) is 26.8 Å². The van der Waals surface area contributed by atoms with E-state index in [1.54, 1.807) is 7.11 Å². The molecule has 1 atom stereocenters. The number of ether oxygens (including phenoxy) is 2. The van der Waals surface area contributed by atoms with Crippen molar-refractivity contribution < 1.29 is 9.47 Å². The molecule has 0 radical (unpaired) electrons. The van der Waals surface area contributed by atoms with Crippen LogP contribution in [0.4, 0.5) is 0 Å². The normalized spacial score (nSPS) is 19.2. The van der Waals surface area contributed by atoms with Gasteiger partial charge in [0.15, 0.2) is 0 Å². The SMILES string of the molecule is COc1cc(C)c(C2(C(C)CN)COC2)cc1Cl. The number of methoxy groups -OCH3 is 1. The average Bonchev–Trinajstić information content (AvgIpc) is 2.31. The van der Waals surface area contributed by atoms with Crippen LogP contribution in [0.5, 0.6) is 5.75 Å². The minimum Gasteiger partial charge on any atom is -0.495 e. The Bertz CT molecular complexity index is 444. The lowest BCUT2D eigenvalue weighted by molar-refractivity contribution is -0.0857. The van der Waals surface area contributed by atoms with Crippen molar-refractivity contribution in [1.29, 1.82) is 0 Å². The van der Waals surface area contributed by atoms with E-state index in [0.717, 1.165) is 13.2 Å². The first kappa shape index (κ1) is 13.7. The lowest BCUT2D eigenvalue weighted by atomic mass is 9.68. The summed E-state index contributed by atoms with van der Waals surface area (Å²) in [4.78, 5) is 0. The molecule has 0 aromatic heterocycles. The molecule has 3 nitrogen and oxygen atoms in total. The molecule has 100 valence electrons. The second-order valence-corrected chi connectivity index (χ2v) is 5.49. The fraction of sp³-hybridized carbons (Fsp3) is 0.571. The van der Waals surface area contributed by atoms with Gasteiger partial charge in [-0.25, -0.2) is 0 Å². The number of hydrogen-bond donors (Lipinski definition) is 1. The molecule has 2 N–H and O–H groups in total. The third-order valence-electron chi connectivity index (χ3n) is 4.05. The Morgan fingerprint density at radius 1 is 1.50 bits per heavy atom. The van der Waals surface area contributed by atoms with E-state index in [0.29, 0.717) is 23.2 Å². The van der Waals surface area contributed by atoms with Crippen LogP contribution in [0.15, 0.2) is 12.1 Å². The highest BCUT2D eigenvalue weighted by molar-refractivity contribution is 6.32.